The maximum atomic E-state index is 5.57. The topological polar surface area (TPSA) is 25.2 Å². The van der Waals surface area contributed by atoms with Crippen molar-refractivity contribution in [3.63, 3.8) is 0 Å². The van der Waals surface area contributed by atoms with Crippen molar-refractivity contribution in [2.75, 3.05) is 7.05 Å². The molecule has 2 aromatic carbocycles. The van der Waals surface area contributed by atoms with E-state index in [-0.39, 0.29) is 6.04 Å². The second-order valence-corrected chi connectivity index (χ2v) is 5.49. The van der Waals surface area contributed by atoms with E-state index in [4.69, 9.17) is 4.42 Å². The van der Waals surface area contributed by atoms with Crippen molar-refractivity contribution in [3.8, 4) is 11.1 Å². The Labute approximate surface area is 124 Å². The molecule has 21 heavy (non-hydrogen) atoms. The molecule has 1 unspecified atom stereocenters. The Hall–Kier alpha value is -2.32. The summed E-state index contributed by atoms with van der Waals surface area (Å²) in [5, 5.41) is 3.34. The highest BCUT2D eigenvalue weighted by atomic mass is 16.3. The summed E-state index contributed by atoms with van der Waals surface area (Å²) in [5.74, 6) is 0.948. The summed E-state index contributed by atoms with van der Waals surface area (Å²) in [6.07, 6.45) is 2.76. The normalized spacial score (nSPS) is 13.8. The van der Waals surface area contributed by atoms with Gasteiger partial charge >= 0.3 is 0 Å². The van der Waals surface area contributed by atoms with Crippen LogP contribution in [0.2, 0.25) is 0 Å². The lowest BCUT2D eigenvalue weighted by atomic mass is 9.98. The number of benzene rings is 2. The van der Waals surface area contributed by atoms with Crippen molar-refractivity contribution >= 4 is 0 Å². The minimum atomic E-state index is 0.0954. The Morgan fingerprint density at radius 3 is 2.62 bits per heavy atom. The third-order valence-corrected chi connectivity index (χ3v) is 4.27. The van der Waals surface area contributed by atoms with Gasteiger partial charge in [0.25, 0.3) is 0 Å². The number of rotatable bonds is 3. The molecule has 1 heterocycles. The molecule has 0 bridgehead atoms. The molecule has 4 rings (SSSR count). The molecule has 1 N–H and O–H groups in total. The van der Waals surface area contributed by atoms with Crippen LogP contribution in [0.4, 0.5) is 0 Å². The SMILES string of the molecule is CNC(c1ccc2c(c1)-c1ccccc1C2)c1ccco1. The maximum absolute atomic E-state index is 5.57. The molecule has 104 valence electrons. The van der Waals surface area contributed by atoms with Gasteiger partial charge in [0.1, 0.15) is 5.76 Å². The average Bonchev–Trinajstić information content (AvgIpc) is 3.15. The number of hydrogen-bond donors (Lipinski definition) is 1. The van der Waals surface area contributed by atoms with Gasteiger partial charge in [-0.25, -0.2) is 0 Å². The molecular weight excluding hydrogens is 258 g/mol. The highest BCUT2D eigenvalue weighted by molar-refractivity contribution is 5.77. The summed E-state index contributed by atoms with van der Waals surface area (Å²) >= 11 is 0. The fourth-order valence-corrected chi connectivity index (χ4v) is 3.25. The van der Waals surface area contributed by atoms with E-state index in [9.17, 15) is 0 Å². The molecule has 0 radical (unpaired) electrons. The first kappa shape index (κ1) is 12.4. The molecule has 1 aliphatic rings. The Morgan fingerprint density at radius 1 is 0.952 bits per heavy atom. The molecule has 1 aromatic heterocycles. The molecule has 1 aliphatic carbocycles. The minimum absolute atomic E-state index is 0.0954. The van der Waals surface area contributed by atoms with E-state index in [0.29, 0.717) is 0 Å². The molecule has 3 aromatic rings. The molecule has 1 atom stereocenters. The first-order valence-electron chi connectivity index (χ1n) is 7.28. The summed E-state index contributed by atoms with van der Waals surface area (Å²) in [6, 6.07) is 19.5. The molecule has 2 heteroatoms. The van der Waals surface area contributed by atoms with Gasteiger partial charge in [-0.3, -0.25) is 0 Å². The lowest BCUT2D eigenvalue weighted by Crippen LogP contribution is -2.17. The van der Waals surface area contributed by atoms with Crippen molar-refractivity contribution < 1.29 is 4.42 Å². The number of fused-ring (bicyclic) bond motifs is 3. The van der Waals surface area contributed by atoms with E-state index in [2.05, 4.69) is 47.8 Å². The monoisotopic (exact) mass is 275 g/mol. The molecular formula is C19H17NO. The molecule has 0 aliphatic heterocycles. The van der Waals surface area contributed by atoms with Gasteiger partial charge < -0.3 is 9.73 Å². The van der Waals surface area contributed by atoms with E-state index in [0.717, 1.165) is 12.2 Å². The first-order chi connectivity index (χ1) is 10.4. The van der Waals surface area contributed by atoms with Gasteiger partial charge in [0.2, 0.25) is 0 Å². The summed E-state index contributed by atoms with van der Waals surface area (Å²) in [4.78, 5) is 0. The van der Waals surface area contributed by atoms with E-state index in [1.165, 1.54) is 27.8 Å². The van der Waals surface area contributed by atoms with Crippen molar-refractivity contribution in [3.05, 3.63) is 83.3 Å². The Balaban J connectivity index is 1.81. The van der Waals surface area contributed by atoms with Crippen LogP contribution >= 0.6 is 0 Å². The second kappa shape index (κ2) is 4.90. The van der Waals surface area contributed by atoms with Crippen LogP contribution in [0.15, 0.2) is 65.3 Å². The molecule has 0 fully saturated rings. The fourth-order valence-electron chi connectivity index (χ4n) is 3.25. The predicted octanol–water partition coefficient (Wildman–Crippen LogP) is 4.16. The summed E-state index contributed by atoms with van der Waals surface area (Å²) < 4.78 is 5.57. The van der Waals surface area contributed by atoms with Crippen LogP contribution < -0.4 is 5.32 Å². The summed E-state index contributed by atoms with van der Waals surface area (Å²) in [6.45, 7) is 0. The molecule has 0 amide bonds. The minimum Gasteiger partial charge on any atom is -0.467 e. The zero-order valence-corrected chi connectivity index (χ0v) is 12.0. The van der Waals surface area contributed by atoms with Gasteiger partial charge in [-0.15, -0.1) is 0 Å². The van der Waals surface area contributed by atoms with Crippen LogP contribution in [0.25, 0.3) is 11.1 Å². The van der Waals surface area contributed by atoms with Crippen LogP contribution in [0, 0.1) is 0 Å². The van der Waals surface area contributed by atoms with Gasteiger partial charge in [0, 0.05) is 0 Å². The Kier molecular flexibility index (Phi) is 2.90. The zero-order valence-electron chi connectivity index (χ0n) is 12.0. The Morgan fingerprint density at radius 2 is 1.81 bits per heavy atom. The standard InChI is InChI=1S/C19H17NO/c1-20-19(18-7-4-10-21-18)15-9-8-14-11-13-5-2-3-6-16(13)17(14)12-15/h2-10,12,19-20H,11H2,1H3. The number of hydrogen-bond acceptors (Lipinski definition) is 2. The predicted molar refractivity (Wildman–Crippen MR) is 84.3 cm³/mol. The molecule has 0 saturated heterocycles. The first-order valence-corrected chi connectivity index (χ1v) is 7.28. The third kappa shape index (κ3) is 1.99. The highest BCUT2D eigenvalue weighted by Crippen LogP contribution is 2.38. The number of nitrogens with one attached hydrogen (secondary N) is 1. The third-order valence-electron chi connectivity index (χ3n) is 4.27. The lowest BCUT2D eigenvalue weighted by molar-refractivity contribution is 0.463. The van der Waals surface area contributed by atoms with Crippen molar-refractivity contribution in [2.45, 2.75) is 12.5 Å². The molecule has 0 saturated carbocycles. The van der Waals surface area contributed by atoms with Gasteiger partial charge in [-0.1, -0.05) is 36.4 Å². The van der Waals surface area contributed by atoms with Crippen LogP contribution in [-0.4, -0.2) is 7.05 Å². The van der Waals surface area contributed by atoms with E-state index < -0.39 is 0 Å². The van der Waals surface area contributed by atoms with E-state index in [1.807, 2.05) is 19.2 Å². The maximum Gasteiger partial charge on any atom is 0.125 e. The van der Waals surface area contributed by atoms with Gasteiger partial charge in [0.05, 0.1) is 12.3 Å². The van der Waals surface area contributed by atoms with Crippen LogP contribution in [0.3, 0.4) is 0 Å². The van der Waals surface area contributed by atoms with Gasteiger partial charge in [-0.05, 0) is 59.5 Å². The lowest BCUT2D eigenvalue weighted by Gasteiger charge is -2.15. The Bertz CT molecular complexity index is 774. The van der Waals surface area contributed by atoms with Gasteiger partial charge in [-0.2, -0.15) is 0 Å². The molecule has 0 spiro atoms. The summed E-state index contributed by atoms with van der Waals surface area (Å²) in [5.41, 5.74) is 6.79. The van der Waals surface area contributed by atoms with Crippen molar-refractivity contribution in [1.29, 1.82) is 0 Å². The zero-order chi connectivity index (χ0) is 14.2. The quantitative estimate of drug-likeness (QED) is 0.607. The smallest absolute Gasteiger partial charge is 0.125 e. The van der Waals surface area contributed by atoms with Crippen molar-refractivity contribution in [2.24, 2.45) is 0 Å². The number of furan rings is 1. The summed E-state index contributed by atoms with van der Waals surface area (Å²) in [7, 11) is 1.97. The average molecular weight is 275 g/mol. The van der Waals surface area contributed by atoms with Gasteiger partial charge in [0.15, 0.2) is 0 Å². The van der Waals surface area contributed by atoms with Crippen LogP contribution in [0.5, 0.6) is 0 Å². The van der Waals surface area contributed by atoms with Crippen LogP contribution in [-0.2, 0) is 6.42 Å². The fraction of sp³-hybridized carbons (Fsp3) is 0.158. The van der Waals surface area contributed by atoms with E-state index in [1.54, 1.807) is 6.26 Å². The highest BCUT2D eigenvalue weighted by Gasteiger charge is 2.21. The van der Waals surface area contributed by atoms with Crippen LogP contribution in [0.1, 0.15) is 28.5 Å². The molecule has 2 nitrogen and oxygen atoms in total. The van der Waals surface area contributed by atoms with E-state index >= 15 is 0 Å². The van der Waals surface area contributed by atoms with Crippen molar-refractivity contribution in [1.82, 2.24) is 5.32 Å². The largest absolute Gasteiger partial charge is 0.467 e. The second-order valence-electron chi connectivity index (χ2n) is 5.49.